The minimum absolute atomic E-state index is 1.04. The van der Waals surface area contributed by atoms with Crippen LogP contribution in [0.4, 0.5) is 0 Å². The first-order valence-electron chi connectivity index (χ1n) is 7.29. The topological polar surface area (TPSA) is 12.9 Å². The Bertz CT molecular complexity index is 1010. The van der Waals surface area contributed by atoms with Crippen molar-refractivity contribution in [3.05, 3.63) is 78.0 Å². The quantitative estimate of drug-likeness (QED) is 0.361. The summed E-state index contributed by atoms with van der Waals surface area (Å²) in [6, 6.07) is 21.9. The Morgan fingerprint density at radius 3 is 2.62 bits per heavy atom. The first-order chi connectivity index (χ1) is 10.4. The lowest BCUT2D eigenvalue weighted by Gasteiger charge is -2.07. The molecule has 0 saturated carbocycles. The van der Waals surface area contributed by atoms with Crippen molar-refractivity contribution < 1.29 is 0 Å². The molecule has 0 amide bonds. The molecular weight excluding hydrogens is 254 g/mol. The summed E-state index contributed by atoms with van der Waals surface area (Å²) in [5.41, 5.74) is 6.71. The van der Waals surface area contributed by atoms with Crippen LogP contribution >= 0.6 is 0 Å². The molecule has 4 aromatic rings. The van der Waals surface area contributed by atoms with E-state index in [-0.39, 0.29) is 0 Å². The molecule has 1 aliphatic carbocycles. The second-order valence-corrected chi connectivity index (χ2v) is 5.71. The van der Waals surface area contributed by atoms with Gasteiger partial charge >= 0.3 is 0 Å². The number of nitrogens with zero attached hydrogens (tertiary/aromatic N) is 1. The summed E-state index contributed by atoms with van der Waals surface area (Å²) in [5, 5.41) is 3.74. The largest absolute Gasteiger partial charge is 0.256 e. The predicted octanol–water partition coefficient (Wildman–Crippen LogP) is 4.96. The molecular formula is C20H13N. The van der Waals surface area contributed by atoms with Gasteiger partial charge in [-0.15, -0.1) is 0 Å². The molecule has 1 heterocycles. The maximum atomic E-state index is 4.59. The van der Waals surface area contributed by atoms with E-state index in [9.17, 15) is 0 Å². The van der Waals surface area contributed by atoms with Gasteiger partial charge in [-0.05, 0) is 46.2 Å². The molecule has 0 aliphatic heterocycles. The third-order valence-corrected chi connectivity index (χ3v) is 4.50. The zero-order valence-corrected chi connectivity index (χ0v) is 11.5. The van der Waals surface area contributed by atoms with Gasteiger partial charge in [-0.25, -0.2) is 0 Å². The predicted molar refractivity (Wildman–Crippen MR) is 87.5 cm³/mol. The van der Waals surface area contributed by atoms with Crippen molar-refractivity contribution >= 4 is 21.7 Å². The van der Waals surface area contributed by atoms with Crippen molar-refractivity contribution in [1.29, 1.82) is 0 Å². The smallest absolute Gasteiger partial charge is 0.0780 e. The minimum atomic E-state index is 1.04. The summed E-state index contributed by atoms with van der Waals surface area (Å²) in [7, 11) is 0. The third-order valence-electron chi connectivity index (χ3n) is 4.50. The maximum Gasteiger partial charge on any atom is 0.0780 e. The van der Waals surface area contributed by atoms with Crippen LogP contribution in [-0.2, 0) is 6.42 Å². The fourth-order valence-electron chi connectivity index (χ4n) is 3.50. The number of fused-ring (bicyclic) bond motifs is 6. The molecule has 0 unspecified atom stereocenters. The van der Waals surface area contributed by atoms with Crippen molar-refractivity contribution in [2.24, 2.45) is 0 Å². The summed E-state index contributed by atoms with van der Waals surface area (Å²) >= 11 is 0. The van der Waals surface area contributed by atoms with Crippen molar-refractivity contribution in [2.75, 3.05) is 0 Å². The summed E-state index contributed by atoms with van der Waals surface area (Å²) in [6.07, 6.45) is 2.92. The van der Waals surface area contributed by atoms with Crippen molar-refractivity contribution in [3.8, 4) is 11.1 Å². The van der Waals surface area contributed by atoms with Crippen LogP contribution < -0.4 is 0 Å². The lowest BCUT2D eigenvalue weighted by atomic mass is 9.98. The second-order valence-electron chi connectivity index (χ2n) is 5.71. The Hall–Kier alpha value is -2.67. The van der Waals surface area contributed by atoms with E-state index < -0.39 is 0 Å². The highest BCUT2D eigenvalue weighted by Gasteiger charge is 2.18. The van der Waals surface area contributed by atoms with E-state index in [1.807, 2.05) is 12.3 Å². The van der Waals surface area contributed by atoms with Crippen LogP contribution in [0.5, 0.6) is 0 Å². The maximum absolute atomic E-state index is 4.59. The van der Waals surface area contributed by atoms with Crippen LogP contribution in [-0.4, -0.2) is 4.98 Å². The highest BCUT2D eigenvalue weighted by Crippen LogP contribution is 2.39. The Morgan fingerprint density at radius 1 is 0.714 bits per heavy atom. The van der Waals surface area contributed by atoms with E-state index in [0.717, 1.165) is 11.9 Å². The molecule has 1 heteroatoms. The molecule has 98 valence electrons. The van der Waals surface area contributed by atoms with Crippen molar-refractivity contribution in [3.63, 3.8) is 0 Å². The van der Waals surface area contributed by atoms with Gasteiger partial charge in [0.05, 0.1) is 5.52 Å². The zero-order chi connectivity index (χ0) is 13.8. The van der Waals surface area contributed by atoms with Gasteiger partial charge in [-0.3, -0.25) is 4.98 Å². The highest BCUT2D eigenvalue weighted by atomic mass is 14.6. The van der Waals surface area contributed by atoms with Crippen LogP contribution in [0.2, 0.25) is 0 Å². The fourth-order valence-corrected chi connectivity index (χ4v) is 3.50. The monoisotopic (exact) mass is 267 g/mol. The summed E-state index contributed by atoms with van der Waals surface area (Å²) in [4.78, 5) is 4.59. The first kappa shape index (κ1) is 11.0. The van der Waals surface area contributed by atoms with E-state index in [1.54, 1.807) is 0 Å². The Morgan fingerprint density at radius 2 is 1.62 bits per heavy atom. The number of pyridine rings is 1. The van der Waals surface area contributed by atoms with Crippen LogP contribution in [0.25, 0.3) is 32.8 Å². The molecule has 0 bridgehead atoms. The highest BCUT2D eigenvalue weighted by molar-refractivity contribution is 6.07. The third kappa shape index (κ3) is 1.49. The molecule has 5 rings (SSSR count). The fraction of sp³-hybridized carbons (Fsp3) is 0.0500. The average molecular weight is 267 g/mol. The van der Waals surface area contributed by atoms with Gasteiger partial charge in [0, 0.05) is 17.0 Å². The number of rotatable bonds is 0. The first-order valence-corrected chi connectivity index (χ1v) is 7.29. The molecule has 1 aromatic heterocycles. The van der Waals surface area contributed by atoms with E-state index in [1.165, 1.54) is 38.4 Å². The molecule has 0 fully saturated rings. The molecule has 21 heavy (non-hydrogen) atoms. The van der Waals surface area contributed by atoms with Crippen molar-refractivity contribution in [1.82, 2.24) is 4.98 Å². The minimum Gasteiger partial charge on any atom is -0.256 e. The lowest BCUT2D eigenvalue weighted by Crippen LogP contribution is -1.85. The number of benzene rings is 3. The second kappa shape index (κ2) is 3.92. The number of hydrogen-bond acceptors (Lipinski definition) is 1. The molecule has 0 N–H and O–H groups in total. The Kier molecular flexibility index (Phi) is 2.06. The van der Waals surface area contributed by atoms with E-state index in [0.29, 0.717) is 0 Å². The molecule has 1 nitrogen and oxygen atoms in total. The molecule has 0 radical (unpaired) electrons. The number of hydrogen-bond donors (Lipinski definition) is 0. The lowest BCUT2D eigenvalue weighted by molar-refractivity contribution is 1.27. The van der Waals surface area contributed by atoms with Gasteiger partial charge in [0.2, 0.25) is 0 Å². The van der Waals surface area contributed by atoms with E-state index in [4.69, 9.17) is 0 Å². The van der Waals surface area contributed by atoms with Crippen LogP contribution in [0, 0.1) is 0 Å². The van der Waals surface area contributed by atoms with Gasteiger partial charge < -0.3 is 0 Å². The number of aromatic nitrogens is 1. The van der Waals surface area contributed by atoms with Gasteiger partial charge in [0.1, 0.15) is 0 Å². The van der Waals surface area contributed by atoms with Gasteiger partial charge in [0.15, 0.2) is 0 Å². The average Bonchev–Trinajstić information content (AvgIpc) is 2.90. The molecule has 0 spiro atoms. The van der Waals surface area contributed by atoms with Gasteiger partial charge in [-0.2, -0.15) is 0 Å². The van der Waals surface area contributed by atoms with Crippen LogP contribution in [0.3, 0.4) is 0 Å². The normalized spacial score (nSPS) is 12.6. The summed E-state index contributed by atoms with van der Waals surface area (Å²) < 4.78 is 0. The zero-order valence-electron chi connectivity index (χ0n) is 11.5. The Balaban J connectivity index is 1.92. The van der Waals surface area contributed by atoms with Gasteiger partial charge in [0.25, 0.3) is 0 Å². The van der Waals surface area contributed by atoms with Crippen molar-refractivity contribution in [2.45, 2.75) is 6.42 Å². The molecule has 0 atom stereocenters. The van der Waals surface area contributed by atoms with Crippen LogP contribution in [0.1, 0.15) is 11.1 Å². The van der Waals surface area contributed by atoms with E-state index >= 15 is 0 Å². The van der Waals surface area contributed by atoms with Gasteiger partial charge in [-0.1, -0.05) is 48.5 Å². The molecule has 1 aliphatic rings. The SMILES string of the molecule is c1ccc2c(c1)Cc1cc3ccc4cccnc4c3cc1-2. The standard InChI is InChI=1S/C20H13N/c1-2-6-17-14(4-1)10-16-11-15-8-7-13-5-3-9-21-20(13)19(15)12-18(16)17/h1-9,11-12H,10H2. The summed E-state index contributed by atoms with van der Waals surface area (Å²) in [6.45, 7) is 0. The van der Waals surface area contributed by atoms with E-state index in [2.05, 4.69) is 59.6 Å². The molecule has 0 saturated heterocycles. The summed E-state index contributed by atoms with van der Waals surface area (Å²) in [5.74, 6) is 0. The van der Waals surface area contributed by atoms with Crippen LogP contribution in [0.15, 0.2) is 66.9 Å². The Labute approximate surface area is 122 Å². The molecule has 3 aromatic carbocycles.